The number of halogens is 2. The second-order valence-electron chi connectivity index (χ2n) is 3.72. The molecule has 0 radical (unpaired) electrons. The number of phenols is 1. The Morgan fingerprint density at radius 2 is 2.22 bits per heavy atom. The molecule has 0 atom stereocenters. The number of hydrazone groups is 1. The zero-order chi connectivity index (χ0) is 13.5. The molecule has 0 heterocycles. The highest BCUT2D eigenvalue weighted by atomic mass is 127. The summed E-state index contributed by atoms with van der Waals surface area (Å²) in [6.07, 6.45) is 3.77. The van der Waals surface area contributed by atoms with Gasteiger partial charge in [0.15, 0.2) is 0 Å². The normalized spacial score (nSPS) is 10.8. The lowest BCUT2D eigenvalue weighted by atomic mass is 10.2. The first-order valence-corrected chi connectivity index (χ1v) is 7.70. The van der Waals surface area contributed by atoms with E-state index in [-0.39, 0.29) is 11.7 Å². The number of benzene rings is 1. The summed E-state index contributed by atoms with van der Waals surface area (Å²) >= 11 is 4.22. The molecule has 0 aliphatic heterocycles. The summed E-state index contributed by atoms with van der Waals surface area (Å²) in [5.41, 5.74) is 3.05. The van der Waals surface area contributed by atoms with E-state index in [2.05, 4.69) is 55.7 Å². The second-order valence-corrected chi connectivity index (χ2v) is 6.13. The van der Waals surface area contributed by atoms with Crippen LogP contribution in [-0.4, -0.2) is 17.2 Å². The van der Waals surface area contributed by atoms with E-state index in [4.69, 9.17) is 0 Å². The Hall–Kier alpha value is -0.380. The van der Waals surface area contributed by atoms with Gasteiger partial charge in [-0.05, 0) is 63.7 Å². The van der Waals surface area contributed by atoms with Gasteiger partial charge < -0.3 is 5.11 Å². The summed E-state index contributed by atoms with van der Waals surface area (Å²) in [5.74, 6) is 0.0792. The summed E-state index contributed by atoms with van der Waals surface area (Å²) in [6.45, 7) is 2.03. The van der Waals surface area contributed by atoms with Crippen molar-refractivity contribution >= 4 is 57.3 Å². The van der Waals surface area contributed by atoms with Gasteiger partial charge in [0.1, 0.15) is 5.75 Å². The van der Waals surface area contributed by atoms with Gasteiger partial charge in [-0.1, -0.05) is 13.3 Å². The van der Waals surface area contributed by atoms with Crippen LogP contribution in [0, 0.1) is 7.14 Å². The van der Waals surface area contributed by atoms with E-state index in [0.29, 0.717) is 12.0 Å². The van der Waals surface area contributed by atoms with Gasteiger partial charge in [0, 0.05) is 15.6 Å². The highest BCUT2D eigenvalue weighted by molar-refractivity contribution is 14.1. The molecular weight excluding hydrogens is 458 g/mol. The smallest absolute Gasteiger partial charge is 0.240 e. The average Bonchev–Trinajstić information content (AvgIpc) is 2.32. The predicted octanol–water partition coefficient (Wildman–Crippen LogP) is 3.24. The molecule has 0 bridgehead atoms. The van der Waals surface area contributed by atoms with Gasteiger partial charge in [0.2, 0.25) is 5.91 Å². The molecule has 0 saturated heterocycles. The lowest BCUT2D eigenvalue weighted by Crippen LogP contribution is -2.16. The number of unbranched alkanes of at least 4 members (excludes halogenated alkanes) is 1. The number of aromatic hydroxyl groups is 1. The van der Waals surface area contributed by atoms with Crippen molar-refractivity contribution in [2.24, 2.45) is 5.10 Å². The maximum atomic E-state index is 11.3. The van der Waals surface area contributed by atoms with Crippen LogP contribution in [0.1, 0.15) is 31.7 Å². The fourth-order valence-corrected chi connectivity index (χ4v) is 3.14. The third-order valence-corrected chi connectivity index (χ3v) is 3.65. The molecule has 0 saturated carbocycles. The Morgan fingerprint density at radius 1 is 1.50 bits per heavy atom. The van der Waals surface area contributed by atoms with E-state index in [0.717, 1.165) is 20.0 Å². The van der Waals surface area contributed by atoms with Crippen LogP contribution < -0.4 is 5.43 Å². The van der Waals surface area contributed by atoms with E-state index in [1.165, 1.54) is 6.21 Å². The van der Waals surface area contributed by atoms with E-state index >= 15 is 0 Å². The fraction of sp³-hybridized carbons (Fsp3) is 0.333. The standard InChI is InChI=1S/C12H14I2N2O2/c1-2-3-4-11(17)16-15-7-8-5-9(13)6-10(14)12(8)18/h5-7,18H,2-4H2,1H3,(H,16,17). The van der Waals surface area contributed by atoms with Gasteiger partial charge in [-0.15, -0.1) is 0 Å². The molecule has 0 spiro atoms. The first kappa shape index (κ1) is 15.7. The largest absolute Gasteiger partial charge is 0.506 e. The Balaban J connectivity index is 2.65. The van der Waals surface area contributed by atoms with E-state index < -0.39 is 0 Å². The van der Waals surface area contributed by atoms with Gasteiger partial charge in [-0.25, -0.2) is 5.43 Å². The minimum absolute atomic E-state index is 0.104. The first-order chi connectivity index (χ1) is 8.54. The van der Waals surface area contributed by atoms with Crippen LogP contribution in [0.3, 0.4) is 0 Å². The van der Waals surface area contributed by atoms with Crippen molar-refractivity contribution in [3.05, 3.63) is 24.8 Å². The SMILES string of the molecule is CCCCC(=O)NN=Cc1cc(I)cc(I)c1O. The quantitative estimate of drug-likeness (QED) is 0.393. The molecule has 0 fully saturated rings. The molecule has 6 heteroatoms. The van der Waals surface area contributed by atoms with Crippen molar-refractivity contribution in [3.8, 4) is 5.75 Å². The molecule has 4 nitrogen and oxygen atoms in total. The Kier molecular flexibility index (Phi) is 6.90. The van der Waals surface area contributed by atoms with Crippen LogP contribution >= 0.6 is 45.2 Å². The summed E-state index contributed by atoms with van der Waals surface area (Å²) in [6, 6.07) is 3.67. The first-order valence-electron chi connectivity index (χ1n) is 5.54. The van der Waals surface area contributed by atoms with Crippen molar-refractivity contribution in [3.63, 3.8) is 0 Å². The Bertz CT molecular complexity index is 462. The Labute approximate surface area is 134 Å². The lowest BCUT2D eigenvalue weighted by Gasteiger charge is -2.03. The maximum Gasteiger partial charge on any atom is 0.240 e. The number of nitrogens with one attached hydrogen (secondary N) is 1. The molecule has 1 aromatic rings. The van der Waals surface area contributed by atoms with Crippen LogP contribution in [0.25, 0.3) is 0 Å². The number of phenolic OH excluding ortho intramolecular Hbond substituents is 1. The van der Waals surface area contributed by atoms with E-state index in [1.807, 2.05) is 13.0 Å². The molecule has 1 aromatic carbocycles. The maximum absolute atomic E-state index is 11.3. The highest BCUT2D eigenvalue weighted by Crippen LogP contribution is 2.25. The molecule has 0 aliphatic carbocycles. The summed E-state index contributed by atoms with van der Waals surface area (Å²) in [5, 5.41) is 13.7. The monoisotopic (exact) mass is 472 g/mol. The van der Waals surface area contributed by atoms with Crippen LogP contribution in [0.5, 0.6) is 5.75 Å². The molecule has 0 aromatic heterocycles. The van der Waals surface area contributed by atoms with Crippen molar-refractivity contribution in [1.82, 2.24) is 5.43 Å². The Morgan fingerprint density at radius 3 is 2.89 bits per heavy atom. The molecule has 98 valence electrons. The molecule has 0 unspecified atom stereocenters. The highest BCUT2D eigenvalue weighted by Gasteiger charge is 2.05. The molecular formula is C12H14I2N2O2. The summed E-state index contributed by atoms with van der Waals surface area (Å²) < 4.78 is 1.77. The zero-order valence-electron chi connectivity index (χ0n) is 9.91. The van der Waals surface area contributed by atoms with Crippen molar-refractivity contribution < 1.29 is 9.90 Å². The minimum Gasteiger partial charge on any atom is -0.506 e. The second kappa shape index (κ2) is 7.93. The van der Waals surface area contributed by atoms with Crippen molar-refractivity contribution in [2.75, 3.05) is 0 Å². The van der Waals surface area contributed by atoms with Gasteiger partial charge in [0.05, 0.1) is 9.78 Å². The predicted molar refractivity (Wildman–Crippen MR) is 88.8 cm³/mol. The van der Waals surface area contributed by atoms with Gasteiger partial charge >= 0.3 is 0 Å². The topological polar surface area (TPSA) is 61.7 Å². The van der Waals surface area contributed by atoms with Crippen LogP contribution in [0.15, 0.2) is 17.2 Å². The van der Waals surface area contributed by atoms with Gasteiger partial charge in [-0.3, -0.25) is 4.79 Å². The summed E-state index contributed by atoms with van der Waals surface area (Å²) in [7, 11) is 0. The van der Waals surface area contributed by atoms with Crippen molar-refractivity contribution in [2.45, 2.75) is 26.2 Å². The molecule has 18 heavy (non-hydrogen) atoms. The number of hydrogen-bond donors (Lipinski definition) is 2. The molecule has 1 amide bonds. The number of carbonyl (C=O) groups excluding carboxylic acids is 1. The third kappa shape index (κ3) is 5.09. The molecule has 2 N–H and O–H groups in total. The number of amides is 1. The lowest BCUT2D eigenvalue weighted by molar-refractivity contribution is -0.121. The minimum atomic E-state index is -0.104. The van der Waals surface area contributed by atoms with E-state index in [1.54, 1.807) is 6.07 Å². The number of nitrogens with zero attached hydrogens (tertiary/aromatic N) is 1. The van der Waals surface area contributed by atoms with Gasteiger partial charge in [-0.2, -0.15) is 5.10 Å². The van der Waals surface area contributed by atoms with Crippen LogP contribution in [0.4, 0.5) is 0 Å². The fourth-order valence-electron chi connectivity index (χ4n) is 1.25. The number of rotatable bonds is 5. The molecule has 0 aliphatic rings. The molecule has 1 rings (SSSR count). The van der Waals surface area contributed by atoms with Gasteiger partial charge in [0.25, 0.3) is 0 Å². The van der Waals surface area contributed by atoms with Crippen molar-refractivity contribution in [1.29, 1.82) is 0 Å². The average molecular weight is 472 g/mol. The van der Waals surface area contributed by atoms with Crippen LogP contribution in [0.2, 0.25) is 0 Å². The van der Waals surface area contributed by atoms with E-state index in [9.17, 15) is 9.90 Å². The zero-order valence-corrected chi connectivity index (χ0v) is 14.2. The summed E-state index contributed by atoms with van der Waals surface area (Å²) in [4.78, 5) is 11.3. The number of carbonyl (C=O) groups is 1. The van der Waals surface area contributed by atoms with Crippen LogP contribution in [-0.2, 0) is 4.79 Å². The third-order valence-electron chi connectivity index (χ3n) is 2.21. The number of hydrogen-bond acceptors (Lipinski definition) is 3.